The zero-order valence-electron chi connectivity index (χ0n) is 32.8. The highest BCUT2D eigenvalue weighted by Crippen LogP contribution is 2.55. The Kier molecular flexibility index (Phi) is 10.6. The standard InChI is InChI=1S/C43H44ClF2N7O5/c1-41(2)39(42(3,4)40(41)58-28-14-11-26(24-47)30(44)23-28)50-35(54)25-9-12-27(13-10-25)52-21-19-51(20-22-52)18-17-48-31-8-6-7-29-34(31)38(57)53(37(29)56)32-15-16-33(43(5,45)46)49-36(32)55/h6-16,23,39-40,48H,17-22H2,1-5H3,(H,49,55)(H,50,54)/t39-,40-. The van der Waals surface area contributed by atoms with Crippen LogP contribution in [0.15, 0.2) is 77.6 Å². The number of imide groups is 1. The number of halogens is 3. The van der Waals surface area contributed by atoms with Crippen LogP contribution in [0.5, 0.6) is 5.75 Å². The Morgan fingerprint density at radius 3 is 2.28 bits per heavy atom. The highest BCUT2D eigenvalue weighted by molar-refractivity contribution is 6.36. The van der Waals surface area contributed by atoms with Crippen molar-refractivity contribution in [2.24, 2.45) is 10.8 Å². The number of carbonyl (C=O) groups is 3. The summed E-state index contributed by atoms with van der Waals surface area (Å²) in [6.07, 6.45) is -0.211. The molecule has 3 amide bonds. The molecule has 0 unspecified atom stereocenters. The summed E-state index contributed by atoms with van der Waals surface area (Å²) in [5, 5.41) is 16.0. The molecule has 1 saturated carbocycles. The average molecular weight is 812 g/mol. The number of hydrogen-bond donors (Lipinski definition) is 3. The maximum atomic E-state index is 13.7. The topological polar surface area (TPSA) is 151 Å². The smallest absolute Gasteiger partial charge is 0.284 e. The van der Waals surface area contributed by atoms with E-state index in [-0.39, 0.29) is 45.7 Å². The number of anilines is 3. The van der Waals surface area contributed by atoms with Gasteiger partial charge in [-0.05, 0) is 60.7 Å². The van der Waals surface area contributed by atoms with E-state index in [4.69, 9.17) is 16.3 Å². The van der Waals surface area contributed by atoms with Crippen LogP contribution in [0, 0.1) is 22.2 Å². The number of carbonyl (C=O) groups excluding carboxylic acids is 3. The van der Waals surface area contributed by atoms with Crippen molar-refractivity contribution in [1.29, 1.82) is 5.26 Å². The molecule has 0 bridgehead atoms. The molecule has 1 aliphatic carbocycles. The first-order chi connectivity index (χ1) is 27.4. The van der Waals surface area contributed by atoms with Gasteiger partial charge in [0.15, 0.2) is 0 Å². The number of alkyl halides is 2. The molecule has 3 aliphatic rings. The number of piperazine rings is 1. The highest BCUT2D eigenvalue weighted by atomic mass is 35.5. The lowest BCUT2D eigenvalue weighted by Gasteiger charge is -2.63. The summed E-state index contributed by atoms with van der Waals surface area (Å²) in [7, 11) is 0. The number of benzene rings is 3. The van der Waals surface area contributed by atoms with Crippen LogP contribution in [0.4, 0.5) is 25.8 Å². The van der Waals surface area contributed by atoms with Crippen LogP contribution in [0.1, 0.15) is 77.0 Å². The predicted molar refractivity (Wildman–Crippen MR) is 217 cm³/mol. The summed E-state index contributed by atoms with van der Waals surface area (Å²) in [5.41, 5.74) is -0.0278. The maximum absolute atomic E-state index is 13.7. The summed E-state index contributed by atoms with van der Waals surface area (Å²) in [4.78, 5) is 60.2. The fraction of sp³-hybridized carbons (Fsp3) is 0.372. The average Bonchev–Trinajstić information content (AvgIpc) is 3.44. The normalized spacial score (nSPS) is 19.9. The molecule has 0 radical (unpaired) electrons. The molecule has 58 heavy (non-hydrogen) atoms. The molecule has 15 heteroatoms. The van der Waals surface area contributed by atoms with Gasteiger partial charge in [-0.2, -0.15) is 5.26 Å². The van der Waals surface area contributed by atoms with Gasteiger partial charge in [0, 0.05) is 86.1 Å². The first-order valence-electron chi connectivity index (χ1n) is 19.0. The van der Waals surface area contributed by atoms with Gasteiger partial charge in [-0.1, -0.05) is 45.4 Å². The largest absolute Gasteiger partial charge is 0.489 e. The Bertz CT molecular complexity index is 2360. The number of aromatic amines is 1. The number of H-pyrrole nitrogens is 1. The van der Waals surface area contributed by atoms with Crippen LogP contribution in [-0.4, -0.2) is 79.0 Å². The molecular formula is C43H44ClF2N7O5. The zero-order chi connectivity index (χ0) is 41.7. The monoisotopic (exact) mass is 811 g/mol. The van der Waals surface area contributed by atoms with Crippen molar-refractivity contribution < 1.29 is 27.9 Å². The quantitative estimate of drug-likeness (QED) is 0.141. The molecule has 1 saturated heterocycles. The number of nitrogens with zero attached hydrogens (tertiary/aromatic N) is 4. The first-order valence-corrected chi connectivity index (χ1v) is 19.4. The molecule has 1 aromatic heterocycles. The Labute approximate surface area is 339 Å². The van der Waals surface area contributed by atoms with Crippen molar-refractivity contribution in [2.75, 3.05) is 54.4 Å². The van der Waals surface area contributed by atoms with Gasteiger partial charge in [0.1, 0.15) is 23.6 Å². The molecule has 2 fully saturated rings. The molecule has 0 atom stereocenters. The number of hydrogen-bond acceptors (Lipinski definition) is 9. The van der Waals surface area contributed by atoms with Gasteiger partial charge in [-0.15, -0.1) is 0 Å². The predicted octanol–water partition coefficient (Wildman–Crippen LogP) is 6.66. The minimum atomic E-state index is -3.30. The van der Waals surface area contributed by atoms with Gasteiger partial charge >= 0.3 is 0 Å². The van der Waals surface area contributed by atoms with Crippen molar-refractivity contribution in [2.45, 2.75) is 52.7 Å². The summed E-state index contributed by atoms with van der Waals surface area (Å²) >= 11 is 6.23. The zero-order valence-corrected chi connectivity index (χ0v) is 33.5. The van der Waals surface area contributed by atoms with E-state index in [1.54, 1.807) is 30.3 Å². The second-order valence-corrected chi connectivity index (χ2v) is 16.7. The minimum Gasteiger partial charge on any atom is -0.489 e. The van der Waals surface area contributed by atoms with Gasteiger partial charge < -0.3 is 25.3 Å². The number of ether oxygens (including phenoxy) is 1. The Balaban J connectivity index is 0.899. The molecule has 3 N–H and O–H groups in total. The Morgan fingerprint density at radius 1 is 0.966 bits per heavy atom. The van der Waals surface area contributed by atoms with E-state index in [0.29, 0.717) is 47.6 Å². The van der Waals surface area contributed by atoms with E-state index in [9.17, 15) is 33.2 Å². The van der Waals surface area contributed by atoms with Crippen LogP contribution < -0.4 is 30.7 Å². The Hall–Kier alpha value is -5.78. The first kappa shape index (κ1) is 40.4. The fourth-order valence-corrected chi connectivity index (χ4v) is 8.97. The third-order valence-electron chi connectivity index (χ3n) is 11.6. The summed E-state index contributed by atoms with van der Waals surface area (Å²) < 4.78 is 33.9. The molecule has 0 spiro atoms. The molecule has 3 heterocycles. The molecule has 4 aromatic rings. The SMILES string of the molecule is CC(F)(F)c1ccc(N2C(=O)c3cccc(NCCN4CCN(c5ccc(C(=O)N[C@H]6C(C)(C)[C@H](Oc7ccc(C#N)c(Cl)c7)C6(C)C)cc5)CC4)c3C2=O)c(=O)[nH]1. The van der Waals surface area contributed by atoms with Gasteiger partial charge in [0.05, 0.1) is 27.4 Å². The molecule has 302 valence electrons. The second-order valence-electron chi connectivity index (χ2n) is 16.3. The van der Waals surface area contributed by atoms with E-state index in [1.165, 1.54) is 6.07 Å². The third kappa shape index (κ3) is 7.40. The molecule has 7 rings (SSSR count). The van der Waals surface area contributed by atoms with E-state index < -0.39 is 29.0 Å². The number of pyridine rings is 1. The van der Waals surface area contributed by atoms with Crippen LogP contribution in [-0.2, 0) is 5.92 Å². The van der Waals surface area contributed by atoms with Crippen molar-refractivity contribution >= 4 is 46.4 Å². The summed E-state index contributed by atoms with van der Waals surface area (Å²) in [6.45, 7) is 13.1. The number of nitriles is 1. The van der Waals surface area contributed by atoms with Crippen molar-refractivity contribution in [3.05, 3.63) is 116 Å². The minimum absolute atomic E-state index is 0.123. The lowest BCUT2D eigenvalue weighted by atomic mass is 9.49. The highest BCUT2D eigenvalue weighted by Gasteiger charge is 2.64. The van der Waals surface area contributed by atoms with Crippen molar-refractivity contribution in [3.8, 4) is 11.8 Å². The molecule has 3 aromatic carbocycles. The van der Waals surface area contributed by atoms with E-state index in [1.807, 2.05) is 24.3 Å². The van der Waals surface area contributed by atoms with Gasteiger partial charge in [-0.25, -0.2) is 13.7 Å². The van der Waals surface area contributed by atoms with E-state index >= 15 is 0 Å². The van der Waals surface area contributed by atoms with Crippen LogP contribution in [0.2, 0.25) is 5.02 Å². The van der Waals surface area contributed by atoms with E-state index in [2.05, 4.69) is 59.2 Å². The molecule has 12 nitrogen and oxygen atoms in total. The van der Waals surface area contributed by atoms with Crippen molar-refractivity contribution in [1.82, 2.24) is 15.2 Å². The molecule has 2 aliphatic heterocycles. The number of nitrogens with one attached hydrogen (secondary N) is 3. The third-order valence-corrected chi connectivity index (χ3v) is 11.9. The number of fused-ring (bicyclic) bond motifs is 1. The maximum Gasteiger partial charge on any atom is 0.284 e. The lowest BCUT2D eigenvalue weighted by Crippen LogP contribution is -2.74. The van der Waals surface area contributed by atoms with Crippen LogP contribution in [0.25, 0.3) is 0 Å². The summed E-state index contributed by atoms with van der Waals surface area (Å²) in [5.74, 6) is -4.29. The number of rotatable bonds is 11. The van der Waals surface area contributed by atoms with Crippen LogP contribution in [0.3, 0.4) is 0 Å². The van der Waals surface area contributed by atoms with Gasteiger partial charge in [0.25, 0.3) is 29.2 Å². The van der Waals surface area contributed by atoms with Crippen molar-refractivity contribution in [3.63, 3.8) is 0 Å². The van der Waals surface area contributed by atoms with Gasteiger partial charge in [0.2, 0.25) is 0 Å². The Morgan fingerprint density at radius 2 is 1.66 bits per heavy atom. The lowest BCUT2D eigenvalue weighted by molar-refractivity contribution is -0.164. The molecular weight excluding hydrogens is 768 g/mol. The fourth-order valence-electron chi connectivity index (χ4n) is 8.76. The van der Waals surface area contributed by atoms with Gasteiger partial charge in [-0.3, -0.25) is 24.1 Å². The number of amides is 3. The number of aromatic nitrogens is 1. The van der Waals surface area contributed by atoms with E-state index in [0.717, 1.165) is 48.9 Å². The van der Waals surface area contributed by atoms with Crippen LogP contribution >= 0.6 is 11.6 Å². The summed E-state index contributed by atoms with van der Waals surface area (Å²) in [6, 6.07) is 21.4. The second kappa shape index (κ2) is 15.2.